The summed E-state index contributed by atoms with van der Waals surface area (Å²) in [4.78, 5) is 0. The van der Waals surface area contributed by atoms with Gasteiger partial charge in [0.2, 0.25) is 0 Å². The first-order chi connectivity index (χ1) is 6.64. The molecule has 1 aliphatic heterocycles. The summed E-state index contributed by atoms with van der Waals surface area (Å²) < 4.78 is 0. The first kappa shape index (κ1) is 10.5. The lowest BCUT2D eigenvalue weighted by Gasteiger charge is -2.44. The molecule has 82 valence electrons. The van der Waals surface area contributed by atoms with E-state index in [0.717, 1.165) is 23.2 Å². The molecule has 0 radical (unpaired) electrons. The van der Waals surface area contributed by atoms with Gasteiger partial charge in [-0.2, -0.15) is 0 Å². The largest absolute Gasteiger partial charge is 0.316 e. The molecule has 1 saturated carbocycles. The molecule has 0 aromatic heterocycles. The van der Waals surface area contributed by atoms with Crippen LogP contribution in [-0.4, -0.2) is 13.1 Å². The van der Waals surface area contributed by atoms with Crippen LogP contribution in [0.4, 0.5) is 0 Å². The molecule has 2 rings (SSSR count). The summed E-state index contributed by atoms with van der Waals surface area (Å²) in [6.07, 6.45) is 5.90. The summed E-state index contributed by atoms with van der Waals surface area (Å²) in [5.41, 5.74) is 0.721. The van der Waals surface area contributed by atoms with E-state index in [9.17, 15) is 0 Å². The van der Waals surface area contributed by atoms with E-state index >= 15 is 0 Å². The van der Waals surface area contributed by atoms with Gasteiger partial charge in [0, 0.05) is 0 Å². The first-order valence-electron chi connectivity index (χ1n) is 6.35. The standard InChI is InChI=1S/C13H25N/c1-10(2)12-9-14-7-6-13(12)5-4-11(3)8-13/h10-12,14H,4-9H2,1-3H3. The molecule has 0 amide bonds. The second kappa shape index (κ2) is 3.84. The third-order valence-electron chi connectivity index (χ3n) is 4.65. The highest BCUT2D eigenvalue weighted by Crippen LogP contribution is 2.52. The molecule has 1 aliphatic carbocycles. The Morgan fingerprint density at radius 2 is 2.07 bits per heavy atom. The highest BCUT2D eigenvalue weighted by Gasteiger charge is 2.45. The summed E-state index contributed by atoms with van der Waals surface area (Å²) in [6.45, 7) is 9.78. The number of rotatable bonds is 1. The van der Waals surface area contributed by atoms with E-state index in [4.69, 9.17) is 0 Å². The van der Waals surface area contributed by atoms with Crippen LogP contribution in [0.2, 0.25) is 0 Å². The van der Waals surface area contributed by atoms with E-state index in [1.165, 1.54) is 38.8 Å². The van der Waals surface area contributed by atoms with Gasteiger partial charge in [0.15, 0.2) is 0 Å². The Labute approximate surface area is 88.7 Å². The van der Waals surface area contributed by atoms with Gasteiger partial charge < -0.3 is 5.32 Å². The molecule has 2 fully saturated rings. The van der Waals surface area contributed by atoms with Crippen molar-refractivity contribution in [2.45, 2.75) is 46.5 Å². The van der Waals surface area contributed by atoms with Crippen LogP contribution in [0, 0.1) is 23.2 Å². The van der Waals surface area contributed by atoms with Gasteiger partial charge in [-0.3, -0.25) is 0 Å². The fourth-order valence-electron chi connectivity index (χ4n) is 3.94. The topological polar surface area (TPSA) is 12.0 Å². The van der Waals surface area contributed by atoms with Gasteiger partial charge in [-0.25, -0.2) is 0 Å². The Kier molecular flexibility index (Phi) is 2.88. The summed E-state index contributed by atoms with van der Waals surface area (Å²) in [7, 11) is 0. The van der Waals surface area contributed by atoms with Gasteiger partial charge in [-0.15, -0.1) is 0 Å². The van der Waals surface area contributed by atoms with E-state index < -0.39 is 0 Å². The lowest BCUT2D eigenvalue weighted by molar-refractivity contribution is 0.0738. The highest BCUT2D eigenvalue weighted by atomic mass is 14.9. The summed E-state index contributed by atoms with van der Waals surface area (Å²) in [6, 6.07) is 0. The quantitative estimate of drug-likeness (QED) is 0.678. The SMILES string of the molecule is CC1CCC2(CCNCC2C(C)C)C1. The van der Waals surface area contributed by atoms with Crippen LogP contribution in [0.25, 0.3) is 0 Å². The van der Waals surface area contributed by atoms with Crippen molar-refractivity contribution < 1.29 is 0 Å². The van der Waals surface area contributed by atoms with Crippen LogP contribution in [0.5, 0.6) is 0 Å². The van der Waals surface area contributed by atoms with Crippen molar-refractivity contribution in [3.8, 4) is 0 Å². The molecule has 0 aromatic carbocycles. The van der Waals surface area contributed by atoms with Crippen molar-refractivity contribution >= 4 is 0 Å². The normalized spacial score (nSPS) is 43.7. The van der Waals surface area contributed by atoms with Crippen molar-refractivity contribution in [1.82, 2.24) is 5.32 Å². The van der Waals surface area contributed by atoms with Crippen LogP contribution < -0.4 is 5.32 Å². The molecule has 3 atom stereocenters. The molecule has 1 heteroatoms. The maximum absolute atomic E-state index is 3.58. The third kappa shape index (κ3) is 1.71. The van der Waals surface area contributed by atoms with E-state index in [-0.39, 0.29) is 0 Å². The predicted molar refractivity (Wildman–Crippen MR) is 61.3 cm³/mol. The van der Waals surface area contributed by atoms with Gasteiger partial charge in [0.1, 0.15) is 0 Å². The maximum atomic E-state index is 3.58. The molecule has 1 N–H and O–H groups in total. The molecule has 1 spiro atoms. The van der Waals surface area contributed by atoms with Crippen molar-refractivity contribution in [2.24, 2.45) is 23.2 Å². The molecule has 2 aliphatic rings. The van der Waals surface area contributed by atoms with E-state index in [2.05, 4.69) is 26.1 Å². The molecule has 14 heavy (non-hydrogen) atoms. The molecule has 1 heterocycles. The Morgan fingerprint density at radius 1 is 1.29 bits per heavy atom. The van der Waals surface area contributed by atoms with Crippen LogP contribution in [-0.2, 0) is 0 Å². The maximum Gasteiger partial charge on any atom is -0.00127 e. The highest BCUT2D eigenvalue weighted by molar-refractivity contribution is 4.97. The zero-order chi connectivity index (χ0) is 10.2. The number of nitrogens with one attached hydrogen (secondary N) is 1. The predicted octanol–water partition coefficient (Wildman–Crippen LogP) is 3.06. The van der Waals surface area contributed by atoms with Crippen molar-refractivity contribution in [1.29, 1.82) is 0 Å². The average molecular weight is 195 g/mol. The first-order valence-corrected chi connectivity index (χ1v) is 6.35. The van der Waals surface area contributed by atoms with Gasteiger partial charge in [-0.05, 0) is 55.5 Å². The van der Waals surface area contributed by atoms with Crippen LogP contribution >= 0.6 is 0 Å². The van der Waals surface area contributed by atoms with Gasteiger partial charge in [0.05, 0.1) is 0 Å². The molecule has 0 aromatic rings. The van der Waals surface area contributed by atoms with Gasteiger partial charge in [0.25, 0.3) is 0 Å². The second-order valence-electron chi connectivity index (χ2n) is 6.01. The Morgan fingerprint density at radius 3 is 2.64 bits per heavy atom. The third-order valence-corrected chi connectivity index (χ3v) is 4.65. The Bertz CT molecular complexity index is 195. The smallest absolute Gasteiger partial charge is 0.00127 e. The van der Waals surface area contributed by atoms with E-state index in [1.54, 1.807) is 0 Å². The van der Waals surface area contributed by atoms with Crippen molar-refractivity contribution in [3.05, 3.63) is 0 Å². The number of piperidine rings is 1. The van der Waals surface area contributed by atoms with Crippen molar-refractivity contribution in [3.63, 3.8) is 0 Å². The molecule has 0 bridgehead atoms. The summed E-state index contributed by atoms with van der Waals surface area (Å²) in [5.74, 6) is 2.77. The fourth-order valence-corrected chi connectivity index (χ4v) is 3.94. The minimum Gasteiger partial charge on any atom is -0.316 e. The minimum atomic E-state index is 0.721. The van der Waals surface area contributed by atoms with E-state index in [0.29, 0.717) is 0 Å². The lowest BCUT2D eigenvalue weighted by atomic mass is 9.65. The molecular weight excluding hydrogens is 170 g/mol. The zero-order valence-electron chi connectivity index (χ0n) is 9.97. The second-order valence-corrected chi connectivity index (χ2v) is 6.01. The molecular formula is C13H25N. The molecule has 1 nitrogen and oxygen atoms in total. The number of hydrogen-bond donors (Lipinski definition) is 1. The lowest BCUT2D eigenvalue weighted by Crippen LogP contribution is -2.46. The van der Waals surface area contributed by atoms with Crippen LogP contribution in [0.3, 0.4) is 0 Å². The summed E-state index contributed by atoms with van der Waals surface area (Å²) >= 11 is 0. The Balaban J connectivity index is 2.13. The van der Waals surface area contributed by atoms with Crippen LogP contribution in [0.1, 0.15) is 46.5 Å². The van der Waals surface area contributed by atoms with Crippen molar-refractivity contribution in [2.75, 3.05) is 13.1 Å². The summed E-state index contributed by atoms with van der Waals surface area (Å²) in [5, 5.41) is 3.58. The van der Waals surface area contributed by atoms with E-state index in [1.807, 2.05) is 0 Å². The minimum absolute atomic E-state index is 0.721. The van der Waals surface area contributed by atoms with Gasteiger partial charge >= 0.3 is 0 Å². The van der Waals surface area contributed by atoms with Crippen LogP contribution in [0.15, 0.2) is 0 Å². The number of hydrogen-bond acceptors (Lipinski definition) is 1. The average Bonchev–Trinajstić information content (AvgIpc) is 2.48. The zero-order valence-corrected chi connectivity index (χ0v) is 9.97. The van der Waals surface area contributed by atoms with Gasteiger partial charge in [-0.1, -0.05) is 27.2 Å². The monoisotopic (exact) mass is 195 g/mol. The molecule has 1 saturated heterocycles. The Hall–Kier alpha value is -0.0400. The fraction of sp³-hybridized carbons (Fsp3) is 1.00. The molecule has 3 unspecified atom stereocenters.